The van der Waals surface area contributed by atoms with Gasteiger partial charge in [0, 0.05) is 11.9 Å². The molecule has 0 radical (unpaired) electrons. The predicted molar refractivity (Wildman–Crippen MR) is 71.4 cm³/mol. The van der Waals surface area contributed by atoms with Crippen LogP contribution in [-0.2, 0) is 6.18 Å². The normalized spacial score (nSPS) is 11.4. The van der Waals surface area contributed by atoms with Gasteiger partial charge in [-0.1, -0.05) is 22.4 Å². The minimum atomic E-state index is -4.60. The van der Waals surface area contributed by atoms with Crippen molar-refractivity contribution in [3.8, 4) is 0 Å². The Bertz CT molecular complexity index is 462. The van der Waals surface area contributed by atoms with Gasteiger partial charge in [0.2, 0.25) is 0 Å². The fraction of sp³-hybridized carbons (Fsp3) is 0.462. The van der Waals surface area contributed by atoms with Gasteiger partial charge in [-0.2, -0.15) is 13.2 Å². The molecule has 0 saturated heterocycles. The number of hydrogen-bond acceptors (Lipinski definition) is 1. The van der Waals surface area contributed by atoms with Crippen molar-refractivity contribution in [1.82, 2.24) is 5.32 Å². The number of amides is 1. The molecular weight excluding hydrogens is 342 g/mol. The maximum Gasteiger partial charge on any atom is 0.416 e. The average molecular weight is 356 g/mol. The van der Waals surface area contributed by atoms with E-state index in [2.05, 4.69) is 21.2 Å². The molecule has 2 nitrogen and oxygen atoms in total. The van der Waals surface area contributed by atoms with E-state index >= 15 is 0 Å². The first kappa shape index (κ1) is 16.9. The molecule has 1 aromatic rings. The van der Waals surface area contributed by atoms with Crippen molar-refractivity contribution in [3.63, 3.8) is 0 Å². The van der Waals surface area contributed by atoms with Gasteiger partial charge >= 0.3 is 6.18 Å². The number of halogens is 5. The lowest BCUT2D eigenvalue weighted by Gasteiger charge is -2.10. The van der Waals surface area contributed by atoms with Crippen LogP contribution in [0.25, 0.3) is 0 Å². The van der Waals surface area contributed by atoms with E-state index in [1.165, 1.54) is 0 Å². The van der Waals surface area contributed by atoms with E-state index in [4.69, 9.17) is 0 Å². The molecule has 0 aliphatic heterocycles. The summed E-state index contributed by atoms with van der Waals surface area (Å²) < 4.78 is 50.9. The van der Waals surface area contributed by atoms with Crippen LogP contribution in [0.4, 0.5) is 17.6 Å². The van der Waals surface area contributed by atoms with Gasteiger partial charge in [-0.3, -0.25) is 4.79 Å². The molecule has 0 unspecified atom stereocenters. The number of rotatable bonds is 6. The molecule has 0 spiro atoms. The predicted octanol–water partition coefficient (Wildman–Crippen LogP) is 4.14. The van der Waals surface area contributed by atoms with Gasteiger partial charge in [0.15, 0.2) is 0 Å². The molecule has 0 aliphatic rings. The maximum absolute atomic E-state index is 13.4. The zero-order valence-electron chi connectivity index (χ0n) is 10.6. The first-order chi connectivity index (χ1) is 9.36. The van der Waals surface area contributed by atoms with Crippen molar-refractivity contribution < 1.29 is 22.4 Å². The largest absolute Gasteiger partial charge is 0.416 e. The number of carbonyl (C=O) groups is 1. The van der Waals surface area contributed by atoms with Crippen LogP contribution in [-0.4, -0.2) is 17.8 Å². The smallest absolute Gasteiger partial charge is 0.352 e. The fourth-order valence-corrected chi connectivity index (χ4v) is 1.97. The van der Waals surface area contributed by atoms with Gasteiger partial charge in [0.1, 0.15) is 5.82 Å². The summed E-state index contributed by atoms with van der Waals surface area (Å²) in [6, 6.07) is 1.80. The Hall–Kier alpha value is -1.11. The zero-order valence-corrected chi connectivity index (χ0v) is 12.2. The summed E-state index contributed by atoms with van der Waals surface area (Å²) in [4.78, 5) is 11.6. The Morgan fingerprint density at radius 1 is 1.20 bits per heavy atom. The molecule has 7 heteroatoms. The number of unbranched alkanes of at least 4 members (excludes halogenated alkanes) is 2. The van der Waals surface area contributed by atoms with Crippen molar-refractivity contribution in [2.45, 2.75) is 25.4 Å². The summed E-state index contributed by atoms with van der Waals surface area (Å²) >= 11 is 3.26. The Kier molecular flexibility index (Phi) is 6.45. The molecule has 0 fully saturated rings. The van der Waals surface area contributed by atoms with E-state index < -0.39 is 29.0 Å². The van der Waals surface area contributed by atoms with Crippen LogP contribution in [0.1, 0.15) is 35.2 Å². The number of benzene rings is 1. The number of carbonyl (C=O) groups excluding carboxylic acids is 1. The van der Waals surface area contributed by atoms with E-state index in [0.717, 1.165) is 18.2 Å². The summed E-state index contributed by atoms with van der Waals surface area (Å²) in [6.07, 6.45) is -2.10. The number of alkyl halides is 4. The molecule has 0 aromatic heterocycles. The highest BCUT2D eigenvalue weighted by molar-refractivity contribution is 9.09. The van der Waals surface area contributed by atoms with Crippen molar-refractivity contribution in [3.05, 3.63) is 35.1 Å². The Morgan fingerprint density at radius 3 is 2.50 bits per heavy atom. The van der Waals surface area contributed by atoms with Crippen LogP contribution in [0.3, 0.4) is 0 Å². The van der Waals surface area contributed by atoms with Crippen molar-refractivity contribution in [2.75, 3.05) is 11.9 Å². The molecule has 1 rings (SSSR count). The van der Waals surface area contributed by atoms with Gasteiger partial charge in [0.25, 0.3) is 5.91 Å². The van der Waals surface area contributed by atoms with E-state index in [0.29, 0.717) is 31.2 Å². The maximum atomic E-state index is 13.4. The summed E-state index contributed by atoms with van der Waals surface area (Å²) in [5, 5.41) is 3.27. The molecule has 1 aromatic carbocycles. The van der Waals surface area contributed by atoms with Gasteiger partial charge in [-0.25, -0.2) is 4.39 Å². The molecular formula is C13H14BrF4NO. The highest BCUT2D eigenvalue weighted by atomic mass is 79.9. The van der Waals surface area contributed by atoms with Crippen LogP contribution in [0, 0.1) is 5.82 Å². The fourth-order valence-electron chi connectivity index (χ4n) is 1.57. The summed E-state index contributed by atoms with van der Waals surface area (Å²) in [6.45, 7) is 0.307. The van der Waals surface area contributed by atoms with Gasteiger partial charge in [0.05, 0.1) is 11.1 Å². The second-order valence-corrected chi connectivity index (χ2v) is 4.99. The molecule has 0 saturated carbocycles. The summed E-state index contributed by atoms with van der Waals surface area (Å²) in [5.74, 6) is -1.79. The monoisotopic (exact) mass is 355 g/mol. The van der Waals surface area contributed by atoms with Crippen LogP contribution in [0.15, 0.2) is 18.2 Å². The topological polar surface area (TPSA) is 29.1 Å². The minimum absolute atomic E-state index is 0.307. The Balaban J connectivity index is 2.67. The van der Waals surface area contributed by atoms with E-state index in [-0.39, 0.29) is 0 Å². The first-order valence-electron chi connectivity index (χ1n) is 6.07. The van der Waals surface area contributed by atoms with Crippen LogP contribution < -0.4 is 5.32 Å². The third-order valence-electron chi connectivity index (χ3n) is 2.63. The van der Waals surface area contributed by atoms with E-state index in [9.17, 15) is 22.4 Å². The molecule has 0 aliphatic carbocycles. The van der Waals surface area contributed by atoms with E-state index in [1.807, 2.05) is 0 Å². The molecule has 0 heterocycles. The average Bonchev–Trinajstić information content (AvgIpc) is 2.37. The Morgan fingerprint density at radius 2 is 1.90 bits per heavy atom. The van der Waals surface area contributed by atoms with Crippen molar-refractivity contribution in [1.29, 1.82) is 0 Å². The third kappa shape index (κ3) is 5.11. The van der Waals surface area contributed by atoms with Gasteiger partial charge in [-0.05, 0) is 31.0 Å². The lowest BCUT2D eigenvalue weighted by Crippen LogP contribution is -2.26. The lowest BCUT2D eigenvalue weighted by atomic mass is 10.1. The van der Waals surface area contributed by atoms with Crippen molar-refractivity contribution in [2.24, 2.45) is 0 Å². The minimum Gasteiger partial charge on any atom is -0.352 e. The quantitative estimate of drug-likeness (QED) is 0.463. The molecule has 0 bridgehead atoms. The first-order valence-corrected chi connectivity index (χ1v) is 7.19. The molecule has 20 heavy (non-hydrogen) atoms. The van der Waals surface area contributed by atoms with Gasteiger partial charge < -0.3 is 5.32 Å². The number of hydrogen-bond donors (Lipinski definition) is 1. The summed E-state index contributed by atoms with van der Waals surface area (Å²) in [7, 11) is 0. The molecule has 0 atom stereocenters. The summed E-state index contributed by atoms with van der Waals surface area (Å²) in [5.41, 5.74) is -1.62. The molecule has 112 valence electrons. The molecule has 1 N–H and O–H groups in total. The van der Waals surface area contributed by atoms with Crippen LogP contribution in [0.5, 0.6) is 0 Å². The second kappa shape index (κ2) is 7.61. The van der Waals surface area contributed by atoms with E-state index in [1.54, 1.807) is 0 Å². The lowest BCUT2D eigenvalue weighted by molar-refractivity contribution is -0.137. The third-order valence-corrected chi connectivity index (χ3v) is 3.20. The Labute approximate surface area is 122 Å². The standard InChI is InChI=1S/C13H14BrF4NO/c14-6-2-1-3-7-19-12(20)10-8-9(13(16,17)18)4-5-11(10)15/h4-5,8H,1-3,6-7H2,(H,19,20). The second-order valence-electron chi connectivity index (χ2n) is 4.20. The van der Waals surface area contributed by atoms with Gasteiger partial charge in [-0.15, -0.1) is 0 Å². The zero-order chi connectivity index (χ0) is 15.2. The molecule has 1 amide bonds. The number of nitrogens with one attached hydrogen (secondary N) is 1. The van der Waals surface area contributed by atoms with Crippen LogP contribution in [0.2, 0.25) is 0 Å². The van der Waals surface area contributed by atoms with Crippen molar-refractivity contribution >= 4 is 21.8 Å². The SMILES string of the molecule is O=C(NCCCCCBr)c1cc(C(F)(F)F)ccc1F. The van der Waals surface area contributed by atoms with Crippen LogP contribution >= 0.6 is 15.9 Å². The highest BCUT2D eigenvalue weighted by Crippen LogP contribution is 2.30. The highest BCUT2D eigenvalue weighted by Gasteiger charge is 2.31.